The van der Waals surface area contributed by atoms with Crippen LogP contribution in [0.15, 0.2) is 23.6 Å². The summed E-state index contributed by atoms with van der Waals surface area (Å²) in [5, 5.41) is 2.54. The van der Waals surface area contributed by atoms with Gasteiger partial charge in [-0.2, -0.15) is 0 Å². The number of amides is 1. The molecule has 2 aromatic rings. The first-order valence-electron chi connectivity index (χ1n) is 6.25. The molecule has 3 N–H and O–H groups in total. The summed E-state index contributed by atoms with van der Waals surface area (Å²) < 4.78 is 5.71. The van der Waals surface area contributed by atoms with Crippen molar-refractivity contribution in [1.29, 1.82) is 0 Å². The zero-order valence-electron chi connectivity index (χ0n) is 11.5. The lowest BCUT2D eigenvalue weighted by Crippen LogP contribution is -2.30. The molecule has 2 rings (SSSR count). The molecule has 1 aromatic heterocycles. The van der Waals surface area contributed by atoms with E-state index < -0.39 is 0 Å². The van der Waals surface area contributed by atoms with E-state index in [1.807, 2.05) is 26.0 Å². The molecule has 5 nitrogen and oxygen atoms in total. The summed E-state index contributed by atoms with van der Waals surface area (Å²) in [6.45, 7) is 4.61. The zero-order valence-corrected chi connectivity index (χ0v) is 12.3. The molecule has 20 heavy (non-hydrogen) atoms. The van der Waals surface area contributed by atoms with Gasteiger partial charge in [0, 0.05) is 11.8 Å². The van der Waals surface area contributed by atoms with Crippen molar-refractivity contribution in [2.45, 2.75) is 20.3 Å². The van der Waals surface area contributed by atoms with E-state index >= 15 is 0 Å². The third-order valence-corrected chi connectivity index (χ3v) is 3.60. The number of nitrogen functional groups attached to an aromatic ring is 1. The lowest BCUT2D eigenvalue weighted by molar-refractivity contribution is 0.0949. The van der Waals surface area contributed by atoms with Crippen LogP contribution in [-0.2, 0) is 6.42 Å². The molecule has 0 fully saturated rings. The normalized spacial score (nSPS) is 10.3. The average Bonchev–Trinajstić information content (AvgIpc) is 2.85. The van der Waals surface area contributed by atoms with Gasteiger partial charge in [-0.1, -0.05) is 6.07 Å². The third-order valence-electron chi connectivity index (χ3n) is 2.70. The first-order chi connectivity index (χ1) is 9.58. The predicted octanol–water partition coefficient (Wildman–Crippen LogP) is 1.98. The Kier molecular flexibility index (Phi) is 4.70. The number of hydrazine groups is 1. The molecule has 1 amide bonds. The van der Waals surface area contributed by atoms with E-state index in [1.54, 1.807) is 5.38 Å². The van der Waals surface area contributed by atoms with Crippen LogP contribution >= 0.6 is 11.3 Å². The van der Waals surface area contributed by atoms with E-state index in [0.717, 1.165) is 10.8 Å². The van der Waals surface area contributed by atoms with E-state index in [0.29, 0.717) is 18.7 Å². The number of aromatic nitrogens is 1. The Bertz CT molecular complexity index is 590. The summed E-state index contributed by atoms with van der Waals surface area (Å²) in [6, 6.07) is 6.11. The summed E-state index contributed by atoms with van der Waals surface area (Å²) in [7, 11) is 0. The van der Waals surface area contributed by atoms with Crippen molar-refractivity contribution in [2.75, 3.05) is 6.61 Å². The van der Waals surface area contributed by atoms with Crippen molar-refractivity contribution in [2.24, 2.45) is 5.84 Å². The highest BCUT2D eigenvalue weighted by Gasteiger charge is 2.09. The number of ether oxygens (including phenoxy) is 1. The molecule has 106 valence electrons. The van der Waals surface area contributed by atoms with Crippen molar-refractivity contribution in [3.05, 3.63) is 45.4 Å². The average molecular weight is 291 g/mol. The van der Waals surface area contributed by atoms with Gasteiger partial charge >= 0.3 is 0 Å². The van der Waals surface area contributed by atoms with Crippen LogP contribution in [0.4, 0.5) is 0 Å². The Hall–Kier alpha value is -1.92. The van der Waals surface area contributed by atoms with Gasteiger partial charge in [-0.3, -0.25) is 10.2 Å². The van der Waals surface area contributed by atoms with Gasteiger partial charge in [0.1, 0.15) is 11.4 Å². The second-order valence-corrected chi connectivity index (χ2v) is 5.46. The van der Waals surface area contributed by atoms with Crippen LogP contribution in [0.3, 0.4) is 0 Å². The smallest absolute Gasteiger partial charge is 0.284 e. The molecule has 0 aliphatic carbocycles. The Morgan fingerprint density at radius 1 is 1.35 bits per heavy atom. The van der Waals surface area contributed by atoms with Crippen molar-refractivity contribution in [3.8, 4) is 5.75 Å². The van der Waals surface area contributed by atoms with Crippen molar-refractivity contribution in [3.63, 3.8) is 0 Å². The highest BCUT2D eigenvalue weighted by molar-refractivity contribution is 7.09. The van der Waals surface area contributed by atoms with E-state index in [-0.39, 0.29) is 5.91 Å². The van der Waals surface area contributed by atoms with Crippen LogP contribution in [0.2, 0.25) is 0 Å². The van der Waals surface area contributed by atoms with Gasteiger partial charge in [0.2, 0.25) is 0 Å². The van der Waals surface area contributed by atoms with E-state index in [4.69, 9.17) is 10.6 Å². The molecule has 0 unspecified atom stereocenters. The van der Waals surface area contributed by atoms with Crippen LogP contribution in [0.5, 0.6) is 5.75 Å². The van der Waals surface area contributed by atoms with Crippen molar-refractivity contribution < 1.29 is 9.53 Å². The Labute approximate surface area is 121 Å². The highest BCUT2D eigenvalue weighted by atomic mass is 32.1. The van der Waals surface area contributed by atoms with Gasteiger partial charge in [0.25, 0.3) is 5.91 Å². The lowest BCUT2D eigenvalue weighted by Gasteiger charge is -2.07. The van der Waals surface area contributed by atoms with Gasteiger partial charge < -0.3 is 4.74 Å². The molecule has 6 heteroatoms. The summed E-state index contributed by atoms with van der Waals surface area (Å²) in [6.07, 6.45) is 0.662. The standard InChI is InChI=1S/C14H17N3O2S/c1-9-5-10(2)7-11(6-9)19-4-3-13-16-12(8-20-13)14(18)17-15/h5-8H,3-4,15H2,1-2H3,(H,17,18). The fourth-order valence-corrected chi connectivity index (χ4v) is 2.64. The maximum absolute atomic E-state index is 11.3. The fourth-order valence-electron chi connectivity index (χ4n) is 1.88. The first-order valence-corrected chi connectivity index (χ1v) is 7.13. The summed E-state index contributed by atoms with van der Waals surface area (Å²) in [5.41, 5.74) is 4.76. The van der Waals surface area contributed by atoms with Crippen LogP contribution in [-0.4, -0.2) is 17.5 Å². The number of nitrogens with zero attached hydrogens (tertiary/aromatic N) is 1. The second-order valence-electron chi connectivity index (χ2n) is 4.52. The SMILES string of the molecule is Cc1cc(C)cc(OCCc2nc(C(=O)NN)cs2)c1. The number of carbonyl (C=O) groups excluding carboxylic acids is 1. The summed E-state index contributed by atoms with van der Waals surface area (Å²) in [5.74, 6) is 5.55. The molecule has 0 radical (unpaired) electrons. The topological polar surface area (TPSA) is 77.2 Å². The number of benzene rings is 1. The molecule has 0 aliphatic heterocycles. The predicted molar refractivity (Wildman–Crippen MR) is 78.9 cm³/mol. The third kappa shape index (κ3) is 3.79. The zero-order chi connectivity index (χ0) is 14.5. The number of rotatable bonds is 5. The van der Waals surface area contributed by atoms with E-state index in [1.165, 1.54) is 22.5 Å². The number of hydrogen-bond donors (Lipinski definition) is 2. The molecule has 0 spiro atoms. The number of nitrogens with two attached hydrogens (primary N) is 1. The monoisotopic (exact) mass is 291 g/mol. The molecule has 0 bridgehead atoms. The number of aryl methyl sites for hydroxylation is 2. The molecular weight excluding hydrogens is 274 g/mol. The quantitative estimate of drug-likeness (QED) is 0.502. The molecule has 0 saturated carbocycles. The van der Waals surface area contributed by atoms with Gasteiger partial charge in [-0.05, 0) is 37.1 Å². The number of hydrogen-bond acceptors (Lipinski definition) is 5. The Morgan fingerprint density at radius 2 is 2.05 bits per heavy atom. The van der Waals surface area contributed by atoms with E-state index in [9.17, 15) is 4.79 Å². The lowest BCUT2D eigenvalue weighted by atomic mass is 10.1. The van der Waals surface area contributed by atoms with E-state index in [2.05, 4.69) is 16.5 Å². The number of carbonyl (C=O) groups is 1. The minimum Gasteiger partial charge on any atom is -0.493 e. The van der Waals surface area contributed by atoms with Crippen molar-refractivity contribution >= 4 is 17.2 Å². The summed E-state index contributed by atoms with van der Waals surface area (Å²) >= 11 is 1.43. The fraction of sp³-hybridized carbons (Fsp3) is 0.286. The van der Waals surface area contributed by atoms with Crippen molar-refractivity contribution in [1.82, 2.24) is 10.4 Å². The van der Waals surface area contributed by atoms with Gasteiger partial charge in [-0.15, -0.1) is 11.3 Å². The largest absolute Gasteiger partial charge is 0.493 e. The number of thiazole rings is 1. The molecule has 1 heterocycles. The van der Waals surface area contributed by atoms with Gasteiger partial charge in [0.15, 0.2) is 0 Å². The first kappa shape index (κ1) is 14.5. The summed E-state index contributed by atoms with van der Waals surface area (Å²) in [4.78, 5) is 15.5. The Morgan fingerprint density at radius 3 is 2.70 bits per heavy atom. The maximum Gasteiger partial charge on any atom is 0.284 e. The second kappa shape index (κ2) is 6.49. The Balaban J connectivity index is 1.89. The minimum atomic E-state index is -0.372. The molecule has 0 aliphatic rings. The molecule has 0 saturated heterocycles. The van der Waals surface area contributed by atoms with Crippen LogP contribution in [0.1, 0.15) is 26.6 Å². The molecular formula is C14H17N3O2S. The number of nitrogens with one attached hydrogen (secondary N) is 1. The van der Waals surface area contributed by atoms with Crippen LogP contribution in [0, 0.1) is 13.8 Å². The molecule has 1 aromatic carbocycles. The maximum atomic E-state index is 11.3. The minimum absolute atomic E-state index is 0.346. The van der Waals surface area contributed by atoms with Crippen LogP contribution < -0.4 is 16.0 Å². The van der Waals surface area contributed by atoms with Gasteiger partial charge in [-0.25, -0.2) is 10.8 Å². The molecule has 0 atom stereocenters. The van der Waals surface area contributed by atoms with Gasteiger partial charge in [0.05, 0.1) is 11.6 Å². The van der Waals surface area contributed by atoms with Crippen LogP contribution in [0.25, 0.3) is 0 Å². The highest BCUT2D eigenvalue weighted by Crippen LogP contribution is 2.17.